The molecule has 16 heavy (non-hydrogen) atoms. The van der Waals surface area contributed by atoms with E-state index in [-0.39, 0.29) is 11.6 Å². The Morgan fingerprint density at radius 2 is 1.75 bits per heavy atom. The van der Waals surface area contributed by atoms with E-state index in [1.54, 1.807) is 0 Å². The fraction of sp³-hybridized carbons (Fsp3) is 0.286. The minimum atomic E-state index is 0.0804. The van der Waals surface area contributed by atoms with Gasteiger partial charge in [-0.3, -0.25) is 9.59 Å². The molecule has 0 atom stereocenters. The van der Waals surface area contributed by atoms with Gasteiger partial charge in [-0.05, 0) is 18.1 Å². The van der Waals surface area contributed by atoms with Crippen molar-refractivity contribution >= 4 is 11.6 Å². The Morgan fingerprint density at radius 1 is 1.00 bits per heavy atom. The number of benzene rings is 1. The molecule has 0 radical (unpaired) electrons. The van der Waals surface area contributed by atoms with E-state index < -0.39 is 0 Å². The lowest BCUT2D eigenvalue weighted by Crippen LogP contribution is -2.04. The third-order valence-corrected chi connectivity index (χ3v) is 2.76. The fourth-order valence-electron chi connectivity index (χ4n) is 1.90. The first-order valence-corrected chi connectivity index (χ1v) is 5.56. The quantitative estimate of drug-likeness (QED) is 0.758. The highest BCUT2D eigenvalue weighted by molar-refractivity contribution is 6.04. The second kappa shape index (κ2) is 4.88. The van der Waals surface area contributed by atoms with Crippen molar-refractivity contribution in [3.63, 3.8) is 0 Å². The molecule has 2 nitrogen and oxygen atoms in total. The van der Waals surface area contributed by atoms with Gasteiger partial charge in [0.2, 0.25) is 0 Å². The Balaban J connectivity index is 2.19. The van der Waals surface area contributed by atoms with Crippen LogP contribution in [0.1, 0.15) is 24.8 Å². The van der Waals surface area contributed by atoms with Crippen LogP contribution in [0, 0.1) is 0 Å². The predicted molar refractivity (Wildman–Crippen MR) is 62.1 cm³/mol. The third kappa shape index (κ3) is 2.66. The van der Waals surface area contributed by atoms with Crippen LogP contribution in [0.15, 0.2) is 42.0 Å². The minimum absolute atomic E-state index is 0.0804. The van der Waals surface area contributed by atoms with E-state index in [0.717, 1.165) is 5.56 Å². The summed E-state index contributed by atoms with van der Waals surface area (Å²) in [6.07, 6.45) is 3.80. The summed E-state index contributed by atoms with van der Waals surface area (Å²) in [4.78, 5) is 23.1. The van der Waals surface area contributed by atoms with E-state index in [4.69, 9.17) is 0 Å². The normalized spacial score (nSPS) is 16.9. The summed E-state index contributed by atoms with van der Waals surface area (Å²) >= 11 is 0. The molecule has 0 aromatic heterocycles. The summed E-state index contributed by atoms with van der Waals surface area (Å²) in [5.74, 6) is 0.200. The largest absolute Gasteiger partial charge is 0.295 e. The molecule has 1 aromatic rings. The predicted octanol–water partition coefficient (Wildman–Crippen LogP) is 2.48. The van der Waals surface area contributed by atoms with Gasteiger partial charge in [0.25, 0.3) is 0 Å². The zero-order valence-electron chi connectivity index (χ0n) is 9.11. The van der Waals surface area contributed by atoms with Gasteiger partial charge in [-0.2, -0.15) is 0 Å². The number of hydrogen-bond donors (Lipinski definition) is 0. The van der Waals surface area contributed by atoms with E-state index in [9.17, 15) is 9.59 Å². The van der Waals surface area contributed by atoms with Gasteiger partial charge >= 0.3 is 0 Å². The van der Waals surface area contributed by atoms with Gasteiger partial charge in [-0.15, -0.1) is 0 Å². The Hall–Kier alpha value is -1.70. The van der Waals surface area contributed by atoms with Crippen LogP contribution >= 0.6 is 0 Å². The second-order valence-corrected chi connectivity index (χ2v) is 4.07. The van der Waals surface area contributed by atoms with Crippen molar-refractivity contribution in [2.24, 2.45) is 0 Å². The maximum Gasteiger partial charge on any atom is 0.159 e. The van der Waals surface area contributed by atoms with Crippen molar-refractivity contribution in [2.75, 3.05) is 0 Å². The van der Waals surface area contributed by atoms with Crippen molar-refractivity contribution < 1.29 is 9.59 Å². The molecular weight excluding hydrogens is 200 g/mol. The molecule has 0 spiro atoms. The monoisotopic (exact) mass is 214 g/mol. The number of ketones is 2. The molecule has 2 heteroatoms. The lowest BCUT2D eigenvalue weighted by Gasteiger charge is -2.03. The molecular formula is C14H14O2. The molecule has 0 amide bonds. The van der Waals surface area contributed by atoms with Gasteiger partial charge in [0.15, 0.2) is 11.6 Å². The van der Waals surface area contributed by atoms with Crippen LogP contribution in [0.4, 0.5) is 0 Å². The van der Waals surface area contributed by atoms with Crippen molar-refractivity contribution in [2.45, 2.75) is 25.7 Å². The smallest absolute Gasteiger partial charge is 0.159 e. The molecule has 0 saturated heterocycles. The van der Waals surface area contributed by atoms with Crippen LogP contribution in [0.25, 0.3) is 0 Å². The summed E-state index contributed by atoms with van der Waals surface area (Å²) in [7, 11) is 0. The van der Waals surface area contributed by atoms with Gasteiger partial charge in [0.1, 0.15) is 0 Å². The molecule has 0 aliphatic heterocycles. The summed E-state index contributed by atoms with van der Waals surface area (Å²) in [6.45, 7) is 0. The number of carbonyl (C=O) groups is 2. The number of hydrogen-bond acceptors (Lipinski definition) is 2. The molecule has 0 unspecified atom stereocenters. The van der Waals surface area contributed by atoms with Gasteiger partial charge in [-0.25, -0.2) is 0 Å². The Bertz CT molecular complexity index is 429. The highest BCUT2D eigenvalue weighted by Gasteiger charge is 2.16. The first-order chi connectivity index (χ1) is 7.75. The van der Waals surface area contributed by atoms with E-state index in [1.165, 1.54) is 6.08 Å². The maximum atomic E-state index is 11.7. The van der Waals surface area contributed by atoms with Crippen molar-refractivity contribution in [3.05, 3.63) is 47.5 Å². The number of Topliss-reactive ketones (excluding diaryl/α,β-unsaturated/α-hetero) is 1. The van der Waals surface area contributed by atoms with E-state index in [2.05, 4.69) is 0 Å². The number of allylic oxidation sites excluding steroid dienone is 2. The van der Waals surface area contributed by atoms with Crippen LogP contribution < -0.4 is 0 Å². The van der Waals surface area contributed by atoms with Crippen LogP contribution in [-0.4, -0.2) is 11.6 Å². The Labute approximate surface area is 95.0 Å². The third-order valence-electron chi connectivity index (χ3n) is 2.76. The standard InChI is InChI=1S/C14H14O2/c15-13-7-4-8-14(16)12(10-13)9-11-5-2-1-3-6-11/h1-3,5-6,10H,4,7-9H2. The summed E-state index contributed by atoms with van der Waals surface area (Å²) < 4.78 is 0. The van der Waals surface area contributed by atoms with Crippen molar-refractivity contribution in [3.8, 4) is 0 Å². The average molecular weight is 214 g/mol. The first kappa shape index (κ1) is 10.8. The lowest BCUT2D eigenvalue weighted by atomic mass is 10.0. The maximum absolute atomic E-state index is 11.7. The Kier molecular flexibility index (Phi) is 3.30. The second-order valence-electron chi connectivity index (χ2n) is 4.07. The molecule has 0 saturated carbocycles. The average Bonchev–Trinajstić information content (AvgIpc) is 2.43. The lowest BCUT2D eigenvalue weighted by molar-refractivity contribution is -0.115. The van der Waals surface area contributed by atoms with Crippen molar-refractivity contribution in [1.82, 2.24) is 0 Å². The van der Waals surface area contributed by atoms with Gasteiger partial charge in [0.05, 0.1) is 0 Å². The highest BCUT2D eigenvalue weighted by atomic mass is 16.1. The zero-order valence-corrected chi connectivity index (χ0v) is 9.11. The number of rotatable bonds is 2. The zero-order chi connectivity index (χ0) is 11.4. The van der Waals surface area contributed by atoms with Crippen LogP contribution in [0.2, 0.25) is 0 Å². The molecule has 0 fully saturated rings. The molecule has 1 aliphatic carbocycles. The van der Waals surface area contributed by atoms with Crippen LogP contribution in [0.5, 0.6) is 0 Å². The molecule has 2 rings (SSSR count). The van der Waals surface area contributed by atoms with Crippen LogP contribution in [0.3, 0.4) is 0 Å². The van der Waals surface area contributed by atoms with Gasteiger partial charge < -0.3 is 0 Å². The molecule has 0 heterocycles. The summed E-state index contributed by atoms with van der Waals surface area (Å²) in [6, 6.07) is 9.78. The van der Waals surface area contributed by atoms with Gasteiger partial charge in [-0.1, -0.05) is 30.3 Å². The fourth-order valence-corrected chi connectivity index (χ4v) is 1.90. The summed E-state index contributed by atoms with van der Waals surface area (Å²) in [5, 5.41) is 0. The van der Waals surface area contributed by atoms with E-state index in [1.807, 2.05) is 30.3 Å². The highest BCUT2D eigenvalue weighted by Crippen LogP contribution is 2.16. The topological polar surface area (TPSA) is 34.1 Å². The number of carbonyl (C=O) groups excluding carboxylic acids is 2. The SMILES string of the molecule is O=C1C=C(Cc2ccccc2)C(=O)CCC1. The van der Waals surface area contributed by atoms with E-state index in [0.29, 0.717) is 31.3 Å². The molecule has 1 aliphatic rings. The van der Waals surface area contributed by atoms with Crippen molar-refractivity contribution in [1.29, 1.82) is 0 Å². The van der Waals surface area contributed by atoms with E-state index >= 15 is 0 Å². The molecule has 82 valence electrons. The molecule has 0 N–H and O–H groups in total. The minimum Gasteiger partial charge on any atom is -0.295 e. The van der Waals surface area contributed by atoms with Crippen LogP contribution in [-0.2, 0) is 16.0 Å². The molecule has 0 bridgehead atoms. The Morgan fingerprint density at radius 3 is 2.50 bits per heavy atom. The molecule has 1 aromatic carbocycles. The first-order valence-electron chi connectivity index (χ1n) is 5.56. The van der Waals surface area contributed by atoms with Gasteiger partial charge in [0, 0.05) is 24.8 Å². The summed E-state index contributed by atoms with van der Waals surface area (Å²) in [5.41, 5.74) is 1.74.